The van der Waals surface area contributed by atoms with Gasteiger partial charge >= 0.3 is 5.97 Å². The van der Waals surface area contributed by atoms with Crippen molar-refractivity contribution in [3.05, 3.63) is 0 Å². The summed E-state index contributed by atoms with van der Waals surface area (Å²) in [4.78, 5) is 12.7. The van der Waals surface area contributed by atoms with Crippen LogP contribution in [0.5, 0.6) is 0 Å². The van der Waals surface area contributed by atoms with Crippen LogP contribution in [0.3, 0.4) is 0 Å². The quantitative estimate of drug-likeness (QED) is 0.696. The van der Waals surface area contributed by atoms with Crippen LogP contribution in [0.15, 0.2) is 0 Å². The molecule has 0 aromatic carbocycles. The van der Waals surface area contributed by atoms with Gasteiger partial charge in [-0.2, -0.15) is 0 Å². The van der Waals surface area contributed by atoms with Gasteiger partial charge < -0.3 is 19.7 Å². The van der Waals surface area contributed by atoms with Crippen molar-refractivity contribution in [3.63, 3.8) is 0 Å². The van der Waals surface area contributed by atoms with E-state index in [1.807, 2.05) is 20.8 Å². The topological polar surface area (TPSA) is 76.0 Å². The highest BCUT2D eigenvalue weighted by Crippen LogP contribution is 2.60. The third kappa shape index (κ3) is 3.35. The fraction of sp³-hybridized carbons (Fsp3) is 0.947. The monoisotopic (exact) mass is 340 g/mol. The predicted octanol–water partition coefficient (Wildman–Crippen LogP) is 2.43. The van der Waals surface area contributed by atoms with Gasteiger partial charge in [-0.25, -0.2) is 0 Å². The Morgan fingerprint density at radius 3 is 2.33 bits per heavy atom. The van der Waals surface area contributed by atoms with Crippen LogP contribution in [0.25, 0.3) is 0 Å². The first-order valence-corrected chi connectivity index (χ1v) is 9.38. The Hall–Kier alpha value is -0.650. The number of carbonyl (C=O) groups excluding carboxylic acids is 1. The Labute approximate surface area is 144 Å². The van der Waals surface area contributed by atoms with E-state index in [2.05, 4.69) is 0 Å². The molecule has 5 heteroatoms. The number of rotatable bonds is 7. The highest BCUT2D eigenvalue weighted by atomic mass is 16.6. The molecule has 4 saturated carbocycles. The number of carbonyl (C=O) groups is 1. The summed E-state index contributed by atoms with van der Waals surface area (Å²) in [6.07, 6.45) is 5.72. The van der Waals surface area contributed by atoms with Crippen LogP contribution in [0.2, 0.25) is 0 Å². The molecule has 24 heavy (non-hydrogen) atoms. The van der Waals surface area contributed by atoms with E-state index in [0.29, 0.717) is 11.8 Å². The van der Waals surface area contributed by atoms with E-state index in [0.717, 1.165) is 38.5 Å². The van der Waals surface area contributed by atoms with Gasteiger partial charge in [-0.15, -0.1) is 0 Å². The van der Waals surface area contributed by atoms with Crippen LogP contribution < -0.4 is 0 Å². The lowest BCUT2D eigenvalue weighted by atomic mass is 9.52. The molecule has 2 N–H and O–H groups in total. The summed E-state index contributed by atoms with van der Waals surface area (Å²) < 4.78 is 12.2. The molecule has 138 valence electrons. The van der Waals surface area contributed by atoms with E-state index in [4.69, 9.17) is 14.6 Å². The first-order chi connectivity index (χ1) is 11.2. The average molecular weight is 340 g/mol. The number of aliphatic hydroxyl groups excluding tert-OH is 2. The molecule has 4 aliphatic rings. The predicted molar refractivity (Wildman–Crippen MR) is 89.4 cm³/mol. The van der Waals surface area contributed by atoms with Gasteiger partial charge in [-0.1, -0.05) is 6.92 Å². The molecule has 5 nitrogen and oxygen atoms in total. The van der Waals surface area contributed by atoms with Gasteiger partial charge in [0.1, 0.15) is 11.7 Å². The smallest absolute Gasteiger partial charge is 0.312 e. The van der Waals surface area contributed by atoms with Crippen LogP contribution in [0, 0.1) is 17.3 Å². The molecule has 0 amide bonds. The maximum atomic E-state index is 12.7. The Morgan fingerprint density at radius 1 is 1.21 bits per heavy atom. The molecular weight excluding hydrogens is 308 g/mol. The van der Waals surface area contributed by atoms with Crippen molar-refractivity contribution in [3.8, 4) is 0 Å². The Kier molecular flexibility index (Phi) is 4.73. The second-order valence-electron chi connectivity index (χ2n) is 9.10. The van der Waals surface area contributed by atoms with Gasteiger partial charge in [0.05, 0.1) is 24.2 Å². The molecule has 0 spiro atoms. The standard InChI is InChI=1S/C19H32O5/c1-4-17(2,3)16(22)24-19-8-13-5-14(9-19)7-18(6-13,12-19)23-11-15(21)10-20/h13-15,20-21H,4-12H2,1-3H3. The van der Waals surface area contributed by atoms with Gasteiger partial charge in [-0.05, 0) is 64.2 Å². The molecule has 4 rings (SSSR count). The minimum atomic E-state index is -0.837. The molecule has 0 aliphatic heterocycles. The molecule has 0 heterocycles. The van der Waals surface area contributed by atoms with Crippen molar-refractivity contribution in [1.29, 1.82) is 0 Å². The van der Waals surface area contributed by atoms with E-state index in [9.17, 15) is 9.90 Å². The molecule has 4 aliphatic carbocycles. The summed E-state index contributed by atoms with van der Waals surface area (Å²) in [6.45, 7) is 5.77. The molecule has 3 atom stereocenters. The second-order valence-corrected chi connectivity index (χ2v) is 9.10. The van der Waals surface area contributed by atoms with Crippen LogP contribution >= 0.6 is 0 Å². The van der Waals surface area contributed by atoms with Gasteiger partial charge in [0.25, 0.3) is 0 Å². The SMILES string of the molecule is CCC(C)(C)C(=O)OC12CC3CC(CC(OCC(O)CO)(C3)C1)C2. The first-order valence-electron chi connectivity index (χ1n) is 9.38. The minimum Gasteiger partial charge on any atom is -0.459 e. The summed E-state index contributed by atoms with van der Waals surface area (Å²) in [5.74, 6) is 0.975. The zero-order chi connectivity index (χ0) is 17.6. The molecule has 0 aromatic heterocycles. The largest absolute Gasteiger partial charge is 0.459 e. The Morgan fingerprint density at radius 2 is 1.79 bits per heavy atom. The molecule has 4 fully saturated rings. The molecular formula is C19H32O5. The fourth-order valence-electron chi connectivity index (χ4n) is 5.19. The molecule has 0 aromatic rings. The van der Waals surface area contributed by atoms with Gasteiger partial charge in [-0.3, -0.25) is 4.79 Å². The van der Waals surface area contributed by atoms with E-state index in [-0.39, 0.29) is 24.8 Å². The maximum absolute atomic E-state index is 12.7. The van der Waals surface area contributed by atoms with Gasteiger partial charge in [0.2, 0.25) is 0 Å². The van der Waals surface area contributed by atoms with Crippen molar-refractivity contribution < 1.29 is 24.5 Å². The van der Waals surface area contributed by atoms with Crippen LogP contribution in [0.1, 0.15) is 65.7 Å². The lowest BCUT2D eigenvalue weighted by Gasteiger charge is -2.61. The summed E-state index contributed by atoms with van der Waals surface area (Å²) in [5.41, 5.74) is -1.14. The zero-order valence-electron chi connectivity index (χ0n) is 15.2. The zero-order valence-corrected chi connectivity index (χ0v) is 15.2. The lowest BCUT2D eigenvalue weighted by Crippen LogP contribution is -2.62. The molecule has 4 bridgehead atoms. The van der Waals surface area contributed by atoms with E-state index < -0.39 is 17.1 Å². The van der Waals surface area contributed by atoms with Crippen molar-refractivity contribution >= 4 is 5.97 Å². The minimum absolute atomic E-state index is 0.0995. The Balaban J connectivity index is 1.74. The van der Waals surface area contributed by atoms with Crippen molar-refractivity contribution in [2.24, 2.45) is 17.3 Å². The maximum Gasteiger partial charge on any atom is 0.312 e. The first kappa shape index (κ1) is 18.2. The average Bonchev–Trinajstić information content (AvgIpc) is 2.50. The third-order valence-electron chi connectivity index (χ3n) is 6.49. The summed E-state index contributed by atoms with van der Waals surface area (Å²) in [5, 5.41) is 18.7. The van der Waals surface area contributed by atoms with Crippen molar-refractivity contribution in [2.45, 2.75) is 83.0 Å². The van der Waals surface area contributed by atoms with Crippen molar-refractivity contribution in [2.75, 3.05) is 13.2 Å². The normalized spacial score (nSPS) is 39.0. The van der Waals surface area contributed by atoms with Crippen LogP contribution in [-0.2, 0) is 14.3 Å². The van der Waals surface area contributed by atoms with Gasteiger partial charge in [0.15, 0.2) is 0 Å². The van der Waals surface area contributed by atoms with Crippen molar-refractivity contribution in [1.82, 2.24) is 0 Å². The summed E-state index contributed by atoms with van der Waals surface area (Å²) >= 11 is 0. The highest BCUT2D eigenvalue weighted by Gasteiger charge is 2.60. The second kappa shape index (κ2) is 6.26. The number of hydrogen-bond donors (Lipinski definition) is 2. The van der Waals surface area contributed by atoms with E-state index in [1.165, 1.54) is 6.42 Å². The van der Waals surface area contributed by atoms with Crippen LogP contribution in [0.4, 0.5) is 0 Å². The van der Waals surface area contributed by atoms with E-state index >= 15 is 0 Å². The number of aliphatic hydroxyl groups is 2. The number of ether oxygens (including phenoxy) is 2. The lowest BCUT2D eigenvalue weighted by molar-refractivity contribution is -0.243. The highest BCUT2D eigenvalue weighted by molar-refractivity contribution is 5.76. The number of hydrogen-bond acceptors (Lipinski definition) is 5. The van der Waals surface area contributed by atoms with Crippen LogP contribution in [-0.4, -0.2) is 46.7 Å². The Bertz CT molecular complexity index is 472. The van der Waals surface area contributed by atoms with Gasteiger partial charge in [0, 0.05) is 6.42 Å². The molecule has 0 saturated heterocycles. The third-order valence-corrected chi connectivity index (χ3v) is 6.49. The molecule has 0 radical (unpaired) electrons. The van der Waals surface area contributed by atoms with E-state index in [1.54, 1.807) is 0 Å². The summed E-state index contributed by atoms with van der Waals surface area (Å²) in [7, 11) is 0. The fourth-order valence-corrected chi connectivity index (χ4v) is 5.19. The molecule has 3 unspecified atom stereocenters. The summed E-state index contributed by atoms with van der Waals surface area (Å²) in [6, 6.07) is 0. The number of esters is 1.